The Labute approximate surface area is 502 Å². The van der Waals surface area contributed by atoms with Gasteiger partial charge < -0.3 is 58.2 Å². The molecule has 21 nitrogen and oxygen atoms in total. The molecular weight excluding hydrogens is 1100 g/mol. The molecule has 0 saturated carbocycles. The molecule has 2 saturated heterocycles. The number of nitrogens with zero attached hydrogens (tertiary/aromatic N) is 5. The minimum absolute atomic E-state index is 0.102. The number of methoxy groups -OCH3 is 2. The van der Waals surface area contributed by atoms with E-state index in [1.807, 2.05) is 42.5 Å². The Morgan fingerprint density at radius 3 is 2.07 bits per heavy atom. The van der Waals surface area contributed by atoms with Gasteiger partial charge in [-0.1, -0.05) is 84.9 Å². The van der Waals surface area contributed by atoms with E-state index >= 15 is 0 Å². The predicted octanol–water partition coefficient (Wildman–Crippen LogP) is 5.98. The van der Waals surface area contributed by atoms with Crippen LogP contribution in [0.1, 0.15) is 100 Å². The lowest BCUT2D eigenvalue weighted by Gasteiger charge is -2.36. The minimum atomic E-state index is -1.50. The summed E-state index contributed by atoms with van der Waals surface area (Å²) in [5.74, 6) is -4.89. The first kappa shape index (κ1) is 65.0. The molecule has 1 unspecified atom stereocenters. The van der Waals surface area contributed by atoms with E-state index < -0.39 is 102 Å². The average molecular weight is 1190 g/mol. The molecule has 3 aliphatic rings. The topological polar surface area (TPSA) is 237 Å². The van der Waals surface area contributed by atoms with Gasteiger partial charge in [0.1, 0.15) is 48.7 Å². The van der Waals surface area contributed by atoms with Crippen molar-refractivity contribution in [2.45, 2.75) is 115 Å². The third kappa shape index (κ3) is 16.6. The minimum Gasteiger partial charge on any atom is -0.493 e. The first-order chi connectivity index (χ1) is 41.2. The van der Waals surface area contributed by atoms with Crippen LogP contribution in [0.5, 0.6) is 17.2 Å². The second-order valence-corrected chi connectivity index (χ2v) is 22.5. The number of ketones is 1. The van der Waals surface area contributed by atoms with Gasteiger partial charge in [0.05, 0.1) is 32.8 Å². The van der Waals surface area contributed by atoms with Gasteiger partial charge in [-0.25, -0.2) is 9.59 Å². The van der Waals surface area contributed by atoms with Crippen molar-refractivity contribution in [2.75, 3.05) is 74.8 Å². The van der Waals surface area contributed by atoms with Crippen molar-refractivity contribution in [3.63, 3.8) is 0 Å². The standard InChI is InChI=1S/C65H80N6O15/c1-43-59(75)66-57(46-23-13-10-14-24-46)62(78)69(6)51(40-83-39-45-21-11-9-12-22-45)61(77)70-36-20-28-49(70)60(76)67(4)34-17-16-29-56(73)85-42-65(2,3)58(74)63(79)71-35-18-15-27-50(71)64(80)86-52(32-30-44-31-33-53(81-7)54(37-44)82-8)47-25-19-26-48(38-47)84-41-55(72)68(43)5/h9-14,16,19,21-26,29,31,33,37-38,43,49-52,57H,15,17-18,20,27-28,30,32,34-36,39-42H2,1-8H3,(H,66,75)/t43-,49-,50-,51-,52+,57?/m0/s1. The maximum absolute atomic E-state index is 15.0. The summed E-state index contributed by atoms with van der Waals surface area (Å²) in [5, 5.41) is 2.84. The fourth-order valence-electron chi connectivity index (χ4n) is 10.6. The van der Waals surface area contributed by atoms with Crippen LogP contribution in [0.2, 0.25) is 0 Å². The number of carbonyl (C=O) groups is 9. The van der Waals surface area contributed by atoms with Crippen LogP contribution in [0.15, 0.2) is 115 Å². The molecule has 6 amide bonds. The summed E-state index contributed by atoms with van der Waals surface area (Å²) in [6.45, 7) is 3.80. The zero-order valence-electron chi connectivity index (χ0n) is 50.4. The van der Waals surface area contributed by atoms with Crippen molar-refractivity contribution in [2.24, 2.45) is 5.41 Å². The molecule has 86 heavy (non-hydrogen) atoms. The number of carbonyl (C=O) groups excluding carboxylic acids is 9. The molecule has 3 aliphatic heterocycles. The third-order valence-corrected chi connectivity index (χ3v) is 16.0. The Bertz CT molecular complexity index is 3080. The van der Waals surface area contributed by atoms with Crippen molar-refractivity contribution in [3.05, 3.63) is 138 Å². The van der Waals surface area contributed by atoms with Crippen LogP contribution >= 0.6 is 0 Å². The molecule has 2 bridgehead atoms. The lowest BCUT2D eigenvalue weighted by Crippen LogP contribution is -2.57. The molecule has 6 atom stereocenters. The molecule has 2 fully saturated rings. The zero-order valence-corrected chi connectivity index (χ0v) is 50.4. The number of fused-ring (bicyclic) bond motifs is 4. The molecule has 3 heterocycles. The fraction of sp³-hybridized carbons (Fsp3) is 0.462. The van der Waals surface area contributed by atoms with Crippen LogP contribution in [0, 0.1) is 5.41 Å². The molecular formula is C65H80N6O15. The summed E-state index contributed by atoms with van der Waals surface area (Å²) in [7, 11) is 7.52. The lowest BCUT2D eigenvalue weighted by molar-refractivity contribution is -0.165. The van der Waals surface area contributed by atoms with Gasteiger partial charge in [0.2, 0.25) is 29.4 Å². The molecule has 4 aromatic rings. The second-order valence-electron chi connectivity index (χ2n) is 22.5. The van der Waals surface area contributed by atoms with Gasteiger partial charge in [-0.2, -0.15) is 0 Å². The van der Waals surface area contributed by atoms with Crippen molar-refractivity contribution < 1.29 is 71.6 Å². The largest absolute Gasteiger partial charge is 0.493 e. The quantitative estimate of drug-likeness (QED) is 0.142. The van der Waals surface area contributed by atoms with Gasteiger partial charge in [0, 0.05) is 46.9 Å². The monoisotopic (exact) mass is 1180 g/mol. The van der Waals surface area contributed by atoms with Gasteiger partial charge in [-0.3, -0.25) is 33.6 Å². The number of esters is 2. The molecule has 4 aromatic carbocycles. The molecule has 21 heteroatoms. The van der Waals surface area contributed by atoms with Crippen LogP contribution in [0.4, 0.5) is 0 Å². The number of ether oxygens (including phenoxy) is 6. The Morgan fingerprint density at radius 1 is 0.663 bits per heavy atom. The Kier molecular flexibility index (Phi) is 23.0. The molecule has 7 rings (SSSR count). The normalized spacial score (nSPS) is 23.1. The van der Waals surface area contributed by atoms with Crippen LogP contribution in [0.3, 0.4) is 0 Å². The lowest BCUT2D eigenvalue weighted by atomic mass is 9.87. The van der Waals surface area contributed by atoms with E-state index in [9.17, 15) is 43.2 Å². The fourth-order valence-corrected chi connectivity index (χ4v) is 10.6. The van der Waals surface area contributed by atoms with Crippen LogP contribution in [-0.2, 0) is 70.4 Å². The number of nitrogens with one attached hydrogen (secondary N) is 1. The van der Waals surface area contributed by atoms with Crippen LogP contribution < -0.4 is 19.5 Å². The molecule has 1 N–H and O–H groups in total. The summed E-state index contributed by atoms with van der Waals surface area (Å²) >= 11 is 0. The van der Waals surface area contributed by atoms with E-state index in [2.05, 4.69) is 5.32 Å². The molecule has 0 aromatic heterocycles. The summed E-state index contributed by atoms with van der Waals surface area (Å²) in [6, 6.07) is 24.1. The molecule has 460 valence electrons. The number of likely N-dealkylation sites (N-methyl/N-ethyl adjacent to an activating group) is 3. The summed E-state index contributed by atoms with van der Waals surface area (Å²) in [4.78, 5) is 135. The third-order valence-electron chi connectivity index (χ3n) is 16.0. The first-order valence-electron chi connectivity index (χ1n) is 29.1. The van der Waals surface area contributed by atoms with Crippen molar-refractivity contribution in [3.8, 4) is 17.2 Å². The first-order valence-corrected chi connectivity index (χ1v) is 29.1. The highest BCUT2D eigenvalue weighted by Crippen LogP contribution is 2.33. The summed E-state index contributed by atoms with van der Waals surface area (Å²) < 4.78 is 35.0. The maximum atomic E-state index is 15.0. The number of benzene rings is 4. The molecule has 0 radical (unpaired) electrons. The van der Waals surface area contributed by atoms with E-state index in [4.69, 9.17) is 28.4 Å². The SMILES string of the molecule is COc1ccc(CC[C@H]2OC(=O)[C@@H]3CCCCN3C(=O)C(=O)C(C)(C)COC(=O)C=CCCN(C)C(=O)[C@@H]3CCCN3C(=O)[C@H](COCc3ccccc3)N(C)C(=O)C(c3ccccc3)NC(=O)[C@H](C)N(C)C(=O)COc3cccc2c3)cc1OC. The number of aryl methyl sites for hydroxylation is 1. The van der Waals surface area contributed by atoms with Crippen LogP contribution in [0.25, 0.3) is 0 Å². The number of cyclic esters (lactones) is 2. The smallest absolute Gasteiger partial charge is 0.330 e. The predicted molar refractivity (Wildman–Crippen MR) is 316 cm³/mol. The number of hydrogen-bond acceptors (Lipinski definition) is 15. The van der Waals surface area contributed by atoms with E-state index in [-0.39, 0.29) is 63.8 Å². The van der Waals surface area contributed by atoms with Gasteiger partial charge in [-0.05, 0) is 119 Å². The summed E-state index contributed by atoms with van der Waals surface area (Å²) in [5.41, 5.74) is 1.06. The second kappa shape index (κ2) is 30.5. The highest BCUT2D eigenvalue weighted by molar-refractivity contribution is 6.38. The summed E-state index contributed by atoms with van der Waals surface area (Å²) in [6.07, 6.45) is 4.75. The Balaban J connectivity index is 1.18. The number of amides is 6. The van der Waals surface area contributed by atoms with Gasteiger partial charge in [0.15, 0.2) is 18.1 Å². The number of Topliss-reactive ketones (excluding diaryl/α,β-unsaturated/α-hetero) is 1. The number of hydrogen-bond donors (Lipinski definition) is 1. The van der Waals surface area contributed by atoms with Crippen LogP contribution in [-0.4, -0.2) is 177 Å². The number of piperidine rings is 1. The highest BCUT2D eigenvalue weighted by atomic mass is 16.5. The maximum Gasteiger partial charge on any atom is 0.330 e. The van der Waals surface area contributed by atoms with E-state index in [1.165, 1.54) is 85.7 Å². The Hall–Kier alpha value is -8.59. The van der Waals surface area contributed by atoms with Gasteiger partial charge in [-0.15, -0.1) is 0 Å². The van der Waals surface area contributed by atoms with Crippen molar-refractivity contribution in [1.29, 1.82) is 0 Å². The van der Waals surface area contributed by atoms with Gasteiger partial charge >= 0.3 is 11.9 Å². The van der Waals surface area contributed by atoms with Gasteiger partial charge in [0.25, 0.3) is 11.8 Å². The molecule has 0 aliphatic carbocycles. The van der Waals surface area contributed by atoms with Crippen molar-refractivity contribution >= 4 is 53.2 Å². The Morgan fingerprint density at radius 2 is 1.35 bits per heavy atom. The van der Waals surface area contributed by atoms with E-state index in [0.29, 0.717) is 54.7 Å². The van der Waals surface area contributed by atoms with E-state index in [0.717, 1.165) is 11.1 Å². The molecule has 0 spiro atoms. The highest BCUT2D eigenvalue weighted by Gasteiger charge is 2.44. The van der Waals surface area contributed by atoms with Crippen molar-refractivity contribution in [1.82, 2.24) is 29.8 Å². The van der Waals surface area contributed by atoms with E-state index in [1.54, 1.807) is 67.7 Å². The number of rotatable bonds is 10. The average Bonchev–Trinajstić information content (AvgIpc) is 3.48. The zero-order chi connectivity index (χ0) is 62.1.